The standard InChI is InChI=1S/C24H25BrN4O4/c1-32-20-11-16(18(25)12-21(20)33-14-22(26)30)13-27-29-23(15-7-3-2-4-8-15)28-19-10-6-5-9-17(19)24(29)31/h5-6,9-13,15H,2-4,7-8,14H2,1H3,(H2,26,30). The van der Waals surface area contributed by atoms with Crippen LogP contribution in [0.1, 0.15) is 49.4 Å². The van der Waals surface area contributed by atoms with Crippen LogP contribution in [0.15, 0.2) is 50.8 Å². The smallest absolute Gasteiger partial charge is 0.282 e. The third-order valence-corrected chi connectivity index (χ3v) is 6.40. The second-order valence-electron chi connectivity index (χ2n) is 7.96. The lowest BCUT2D eigenvalue weighted by atomic mass is 9.88. The van der Waals surface area contributed by atoms with E-state index < -0.39 is 5.91 Å². The van der Waals surface area contributed by atoms with E-state index in [4.69, 9.17) is 20.2 Å². The number of nitrogens with zero attached hydrogens (tertiary/aromatic N) is 3. The lowest BCUT2D eigenvalue weighted by molar-refractivity contribution is -0.119. The summed E-state index contributed by atoms with van der Waals surface area (Å²) in [4.78, 5) is 29.2. The second-order valence-corrected chi connectivity index (χ2v) is 8.82. The molecule has 1 aliphatic rings. The third kappa shape index (κ3) is 5.08. The number of benzene rings is 2. The fourth-order valence-corrected chi connectivity index (χ4v) is 4.49. The molecule has 0 atom stereocenters. The van der Waals surface area contributed by atoms with Gasteiger partial charge in [-0.05, 0) is 53.0 Å². The maximum atomic E-state index is 13.3. The van der Waals surface area contributed by atoms with Crippen LogP contribution in [-0.4, -0.2) is 35.5 Å². The summed E-state index contributed by atoms with van der Waals surface area (Å²) in [5, 5.41) is 5.09. The number of primary amides is 1. The number of carbonyl (C=O) groups excluding carboxylic acids is 1. The monoisotopic (exact) mass is 512 g/mol. The van der Waals surface area contributed by atoms with Gasteiger partial charge in [0.25, 0.3) is 11.5 Å². The van der Waals surface area contributed by atoms with Crippen molar-refractivity contribution in [1.29, 1.82) is 0 Å². The molecule has 2 N–H and O–H groups in total. The molecule has 1 saturated carbocycles. The van der Waals surface area contributed by atoms with Gasteiger partial charge in [-0.15, -0.1) is 0 Å². The van der Waals surface area contributed by atoms with E-state index in [2.05, 4.69) is 21.0 Å². The molecule has 0 radical (unpaired) electrons. The molecule has 172 valence electrons. The Balaban J connectivity index is 1.76. The van der Waals surface area contributed by atoms with E-state index in [1.807, 2.05) is 18.2 Å². The van der Waals surface area contributed by atoms with Crippen LogP contribution < -0.4 is 20.8 Å². The first-order valence-corrected chi connectivity index (χ1v) is 11.6. The summed E-state index contributed by atoms with van der Waals surface area (Å²) in [6, 6.07) is 10.7. The van der Waals surface area contributed by atoms with Gasteiger partial charge in [0.2, 0.25) is 0 Å². The Hall–Kier alpha value is -3.20. The molecule has 1 heterocycles. The molecule has 0 bridgehead atoms. The summed E-state index contributed by atoms with van der Waals surface area (Å²) in [5.74, 6) is 1.08. The molecule has 1 aromatic heterocycles. The van der Waals surface area contributed by atoms with Crippen molar-refractivity contribution < 1.29 is 14.3 Å². The molecule has 1 aliphatic carbocycles. The predicted molar refractivity (Wildman–Crippen MR) is 130 cm³/mol. The van der Waals surface area contributed by atoms with E-state index in [9.17, 15) is 9.59 Å². The molecule has 2 aromatic carbocycles. The van der Waals surface area contributed by atoms with E-state index in [1.54, 1.807) is 24.4 Å². The number of amides is 1. The molecule has 0 spiro atoms. The fraction of sp³-hybridized carbons (Fsp3) is 0.333. The maximum absolute atomic E-state index is 13.3. The molecule has 1 amide bonds. The number of hydrogen-bond donors (Lipinski definition) is 1. The number of hydrogen-bond acceptors (Lipinski definition) is 6. The normalized spacial score (nSPS) is 14.6. The van der Waals surface area contributed by atoms with Crippen molar-refractivity contribution in [3.63, 3.8) is 0 Å². The molecule has 8 nitrogen and oxygen atoms in total. The summed E-state index contributed by atoms with van der Waals surface area (Å²) in [6.07, 6.45) is 7.01. The molecule has 0 unspecified atom stereocenters. The maximum Gasteiger partial charge on any atom is 0.282 e. The molecular formula is C24H25BrN4O4. The second kappa shape index (κ2) is 10.2. The van der Waals surface area contributed by atoms with Gasteiger partial charge in [-0.3, -0.25) is 9.59 Å². The highest BCUT2D eigenvalue weighted by molar-refractivity contribution is 9.10. The lowest BCUT2D eigenvalue weighted by Gasteiger charge is -2.22. The van der Waals surface area contributed by atoms with Crippen LogP contribution in [-0.2, 0) is 4.79 Å². The average molecular weight is 513 g/mol. The van der Waals surface area contributed by atoms with E-state index in [0.29, 0.717) is 38.3 Å². The number of nitrogens with two attached hydrogens (primary N) is 1. The zero-order valence-corrected chi connectivity index (χ0v) is 19.9. The Morgan fingerprint density at radius 2 is 2.00 bits per heavy atom. The molecule has 0 aliphatic heterocycles. The molecular weight excluding hydrogens is 488 g/mol. The van der Waals surface area contributed by atoms with Crippen molar-refractivity contribution >= 4 is 39.0 Å². The molecule has 3 aromatic rings. The molecule has 9 heteroatoms. The van der Waals surface area contributed by atoms with Crippen LogP contribution in [0.4, 0.5) is 0 Å². The van der Waals surface area contributed by atoms with Crippen LogP contribution in [0.5, 0.6) is 11.5 Å². The predicted octanol–water partition coefficient (Wildman–Crippen LogP) is 3.96. The average Bonchev–Trinajstić information content (AvgIpc) is 2.83. The zero-order chi connectivity index (χ0) is 23.4. The van der Waals surface area contributed by atoms with E-state index in [0.717, 1.165) is 25.7 Å². The molecule has 4 rings (SSSR count). The number of methoxy groups -OCH3 is 1. The van der Waals surface area contributed by atoms with Gasteiger partial charge < -0.3 is 15.2 Å². The fourth-order valence-electron chi connectivity index (χ4n) is 4.07. The van der Waals surface area contributed by atoms with Gasteiger partial charge in [0.05, 0.1) is 24.2 Å². The van der Waals surface area contributed by atoms with E-state index in [1.165, 1.54) is 18.2 Å². The SMILES string of the molecule is COc1cc(C=Nn2c(C3CCCCC3)nc3ccccc3c2=O)c(Br)cc1OCC(N)=O. The highest BCUT2D eigenvalue weighted by Crippen LogP contribution is 2.34. The van der Waals surface area contributed by atoms with Gasteiger partial charge in [0.1, 0.15) is 5.82 Å². The van der Waals surface area contributed by atoms with Gasteiger partial charge in [-0.25, -0.2) is 4.98 Å². The first kappa shape index (κ1) is 23.0. The third-order valence-electron chi connectivity index (χ3n) is 5.71. The number of carbonyl (C=O) groups is 1. The first-order chi connectivity index (χ1) is 16.0. The number of para-hydroxylation sites is 1. The van der Waals surface area contributed by atoms with Crippen LogP contribution >= 0.6 is 15.9 Å². The van der Waals surface area contributed by atoms with Crippen LogP contribution in [0.3, 0.4) is 0 Å². The zero-order valence-electron chi connectivity index (χ0n) is 18.3. The van der Waals surface area contributed by atoms with E-state index in [-0.39, 0.29) is 18.1 Å². The van der Waals surface area contributed by atoms with Gasteiger partial charge >= 0.3 is 0 Å². The lowest BCUT2D eigenvalue weighted by Crippen LogP contribution is -2.25. The minimum Gasteiger partial charge on any atom is -0.493 e. The highest BCUT2D eigenvalue weighted by Gasteiger charge is 2.22. The van der Waals surface area contributed by atoms with Crippen LogP contribution in [0, 0.1) is 0 Å². The van der Waals surface area contributed by atoms with Crippen LogP contribution in [0.25, 0.3) is 10.9 Å². The summed E-state index contributed by atoms with van der Waals surface area (Å²) in [6.45, 7) is -0.265. The van der Waals surface area contributed by atoms with Gasteiger partial charge in [-0.1, -0.05) is 31.4 Å². The number of halogens is 1. The largest absolute Gasteiger partial charge is 0.493 e. The van der Waals surface area contributed by atoms with Crippen molar-refractivity contribution in [2.75, 3.05) is 13.7 Å². The Bertz CT molecular complexity index is 1270. The Morgan fingerprint density at radius 1 is 1.24 bits per heavy atom. The Labute approximate surface area is 199 Å². The number of rotatable bonds is 7. The van der Waals surface area contributed by atoms with E-state index >= 15 is 0 Å². The van der Waals surface area contributed by atoms with Crippen molar-refractivity contribution in [2.24, 2.45) is 10.8 Å². The Morgan fingerprint density at radius 3 is 2.73 bits per heavy atom. The van der Waals surface area contributed by atoms with Gasteiger partial charge in [0, 0.05) is 16.0 Å². The van der Waals surface area contributed by atoms with Crippen molar-refractivity contribution in [3.05, 3.63) is 62.6 Å². The topological polar surface area (TPSA) is 109 Å². The summed E-state index contributed by atoms with van der Waals surface area (Å²) >= 11 is 3.50. The number of ether oxygens (including phenoxy) is 2. The van der Waals surface area contributed by atoms with Crippen LogP contribution in [0.2, 0.25) is 0 Å². The summed E-state index contributed by atoms with van der Waals surface area (Å²) in [7, 11) is 1.50. The van der Waals surface area contributed by atoms with Crippen molar-refractivity contribution in [1.82, 2.24) is 9.66 Å². The van der Waals surface area contributed by atoms with Gasteiger partial charge in [0.15, 0.2) is 18.1 Å². The first-order valence-electron chi connectivity index (χ1n) is 10.8. The number of fused-ring (bicyclic) bond motifs is 1. The van der Waals surface area contributed by atoms with Crippen molar-refractivity contribution in [2.45, 2.75) is 38.0 Å². The highest BCUT2D eigenvalue weighted by atomic mass is 79.9. The van der Waals surface area contributed by atoms with Gasteiger partial charge in [-0.2, -0.15) is 9.78 Å². The molecule has 33 heavy (non-hydrogen) atoms. The van der Waals surface area contributed by atoms with Crippen molar-refractivity contribution in [3.8, 4) is 11.5 Å². The minimum atomic E-state index is -0.586. The minimum absolute atomic E-state index is 0.191. The molecule has 1 fully saturated rings. The number of aromatic nitrogens is 2. The summed E-state index contributed by atoms with van der Waals surface area (Å²) in [5.41, 5.74) is 6.33. The molecule has 0 saturated heterocycles. The quantitative estimate of drug-likeness (QED) is 0.481. The Kier molecular flexibility index (Phi) is 7.08. The summed E-state index contributed by atoms with van der Waals surface area (Å²) < 4.78 is 12.9.